The average molecular weight is 397 g/mol. The van der Waals surface area contributed by atoms with Crippen LogP contribution in [-0.2, 0) is 4.79 Å². The second-order valence-electron chi connectivity index (χ2n) is 4.74. The van der Waals surface area contributed by atoms with Gasteiger partial charge in [-0.25, -0.2) is 0 Å². The fourth-order valence-electron chi connectivity index (χ4n) is 1.86. The SMILES string of the molecule is COc1ccc(Cl)cc1NC(=O)/C(C#N)=C\Nc1ccc(Cl)c(Cl)c1. The highest BCUT2D eigenvalue weighted by Gasteiger charge is 2.13. The van der Waals surface area contributed by atoms with Gasteiger partial charge < -0.3 is 15.4 Å². The lowest BCUT2D eigenvalue weighted by Gasteiger charge is -2.10. The van der Waals surface area contributed by atoms with Crippen molar-refractivity contribution in [2.45, 2.75) is 0 Å². The molecule has 0 aliphatic rings. The maximum atomic E-state index is 12.3. The van der Waals surface area contributed by atoms with Gasteiger partial charge >= 0.3 is 0 Å². The van der Waals surface area contributed by atoms with Crippen LogP contribution >= 0.6 is 34.8 Å². The number of hydrogen-bond acceptors (Lipinski definition) is 4. The molecule has 128 valence electrons. The van der Waals surface area contributed by atoms with Crippen LogP contribution in [0.15, 0.2) is 48.2 Å². The van der Waals surface area contributed by atoms with Crippen molar-refractivity contribution in [2.75, 3.05) is 17.7 Å². The Balaban J connectivity index is 2.17. The molecule has 2 aromatic carbocycles. The number of methoxy groups -OCH3 is 1. The molecule has 5 nitrogen and oxygen atoms in total. The minimum absolute atomic E-state index is 0.145. The summed E-state index contributed by atoms with van der Waals surface area (Å²) in [4.78, 5) is 12.3. The molecule has 2 rings (SSSR count). The van der Waals surface area contributed by atoms with E-state index in [0.29, 0.717) is 32.2 Å². The van der Waals surface area contributed by atoms with E-state index in [4.69, 9.17) is 39.5 Å². The molecule has 0 bridgehead atoms. The van der Waals surface area contributed by atoms with Crippen molar-refractivity contribution in [1.29, 1.82) is 5.26 Å². The highest BCUT2D eigenvalue weighted by Crippen LogP contribution is 2.28. The van der Waals surface area contributed by atoms with Crippen molar-refractivity contribution >= 4 is 52.1 Å². The predicted molar refractivity (Wildman–Crippen MR) is 100 cm³/mol. The second-order valence-corrected chi connectivity index (χ2v) is 5.99. The Morgan fingerprint density at radius 2 is 1.92 bits per heavy atom. The Bertz CT molecular complexity index is 876. The van der Waals surface area contributed by atoms with Gasteiger partial charge in [0.25, 0.3) is 5.91 Å². The summed E-state index contributed by atoms with van der Waals surface area (Å²) < 4.78 is 5.15. The Labute approximate surface area is 159 Å². The van der Waals surface area contributed by atoms with Crippen molar-refractivity contribution < 1.29 is 9.53 Å². The van der Waals surface area contributed by atoms with Gasteiger partial charge in [0, 0.05) is 16.9 Å². The first-order chi connectivity index (χ1) is 11.9. The number of anilines is 2. The zero-order chi connectivity index (χ0) is 18.4. The molecule has 0 aliphatic carbocycles. The fourth-order valence-corrected chi connectivity index (χ4v) is 2.33. The van der Waals surface area contributed by atoms with Gasteiger partial charge in [0.1, 0.15) is 17.4 Å². The molecule has 0 heterocycles. The molecule has 1 amide bonds. The quantitative estimate of drug-likeness (QED) is 0.544. The van der Waals surface area contributed by atoms with Crippen LogP contribution < -0.4 is 15.4 Å². The van der Waals surface area contributed by atoms with E-state index in [2.05, 4.69) is 10.6 Å². The number of rotatable bonds is 5. The molecule has 0 fully saturated rings. The first-order valence-electron chi connectivity index (χ1n) is 6.91. The minimum Gasteiger partial charge on any atom is -0.495 e. The molecule has 2 N–H and O–H groups in total. The van der Waals surface area contributed by atoms with Crippen molar-refractivity contribution in [3.8, 4) is 11.8 Å². The van der Waals surface area contributed by atoms with E-state index in [-0.39, 0.29) is 5.57 Å². The number of benzene rings is 2. The van der Waals surface area contributed by atoms with Crippen LogP contribution in [0, 0.1) is 11.3 Å². The second kappa shape index (κ2) is 8.63. The van der Waals surface area contributed by atoms with Gasteiger partial charge in [-0.2, -0.15) is 5.26 Å². The first kappa shape index (κ1) is 18.9. The molecule has 2 aromatic rings. The number of nitrogens with one attached hydrogen (secondary N) is 2. The van der Waals surface area contributed by atoms with E-state index in [1.165, 1.54) is 19.4 Å². The fraction of sp³-hybridized carbons (Fsp3) is 0.0588. The molecule has 0 aromatic heterocycles. The molecule has 0 saturated carbocycles. The number of carbonyl (C=O) groups is 1. The van der Waals surface area contributed by atoms with E-state index >= 15 is 0 Å². The van der Waals surface area contributed by atoms with Gasteiger partial charge in [-0.15, -0.1) is 0 Å². The van der Waals surface area contributed by atoms with E-state index < -0.39 is 5.91 Å². The van der Waals surface area contributed by atoms with Crippen LogP contribution in [-0.4, -0.2) is 13.0 Å². The van der Waals surface area contributed by atoms with Gasteiger partial charge in [0.15, 0.2) is 0 Å². The van der Waals surface area contributed by atoms with Gasteiger partial charge in [0.05, 0.1) is 22.8 Å². The van der Waals surface area contributed by atoms with E-state index in [1.54, 1.807) is 30.3 Å². The number of nitriles is 1. The first-order valence-corrected chi connectivity index (χ1v) is 8.04. The largest absolute Gasteiger partial charge is 0.495 e. The Morgan fingerprint density at radius 1 is 1.16 bits per heavy atom. The van der Waals surface area contributed by atoms with Crippen LogP contribution in [0.5, 0.6) is 5.75 Å². The van der Waals surface area contributed by atoms with E-state index in [1.807, 2.05) is 6.07 Å². The molecule has 0 radical (unpaired) electrons. The number of carbonyl (C=O) groups excluding carboxylic acids is 1. The smallest absolute Gasteiger partial charge is 0.267 e. The Kier molecular flexibility index (Phi) is 6.54. The lowest BCUT2D eigenvalue weighted by molar-refractivity contribution is -0.112. The molecule has 25 heavy (non-hydrogen) atoms. The molecule has 0 aliphatic heterocycles. The summed E-state index contributed by atoms with van der Waals surface area (Å²) in [5, 5.41) is 15.8. The highest BCUT2D eigenvalue weighted by molar-refractivity contribution is 6.42. The number of ether oxygens (including phenoxy) is 1. The summed E-state index contributed by atoms with van der Waals surface area (Å²) in [5.41, 5.74) is 0.791. The third kappa shape index (κ3) is 5.04. The number of halogens is 3. The van der Waals surface area contributed by atoms with Crippen LogP contribution in [0.25, 0.3) is 0 Å². The van der Waals surface area contributed by atoms with Gasteiger partial charge in [-0.3, -0.25) is 4.79 Å². The van der Waals surface area contributed by atoms with Crippen LogP contribution in [0.4, 0.5) is 11.4 Å². The third-order valence-corrected chi connectivity index (χ3v) is 4.05. The molecular weight excluding hydrogens is 385 g/mol. The van der Waals surface area contributed by atoms with E-state index in [9.17, 15) is 10.1 Å². The molecule has 0 atom stereocenters. The zero-order valence-electron chi connectivity index (χ0n) is 12.9. The Morgan fingerprint density at radius 3 is 2.56 bits per heavy atom. The molecule has 0 saturated heterocycles. The topological polar surface area (TPSA) is 74.1 Å². The van der Waals surface area contributed by atoms with Crippen molar-refractivity contribution in [3.05, 3.63) is 63.2 Å². The molecule has 0 spiro atoms. The summed E-state index contributed by atoms with van der Waals surface area (Å²) in [6.45, 7) is 0. The summed E-state index contributed by atoms with van der Waals surface area (Å²) in [7, 11) is 1.46. The standard InChI is InChI=1S/C17H12Cl3N3O2/c1-25-16-5-2-11(18)6-15(16)23-17(24)10(8-21)9-22-12-3-4-13(19)14(20)7-12/h2-7,9,22H,1H3,(H,23,24)/b10-9-. The average Bonchev–Trinajstić information content (AvgIpc) is 2.58. The lowest BCUT2D eigenvalue weighted by atomic mass is 10.2. The Hall–Kier alpha value is -2.39. The normalized spacial score (nSPS) is 10.8. The van der Waals surface area contributed by atoms with Crippen molar-refractivity contribution in [1.82, 2.24) is 0 Å². The van der Waals surface area contributed by atoms with Crippen molar-refractivity contribution in [3.63, 3.8) is 0 Å². The zero-order valence-corrected chi connectivity index (χ0v) is 15.2. The maximum Gasteiger partial charge on any atom is 0.267 e. The molecule has 0 unspecified atom stereocenters. The van der Waals surface area contributed by atoms with Crippen LogP contribution in [0.2, 0.25) is 15.1 Å². The highest BCUT2D eigenvalue weighted by atomic mass is 35.5. The van der Waals surface area contributed by atoms with Crippen molar-refractivity contribution in [2.24, 2.45) is 0 Å². The minimum atomic E-state index is -0.615. The van der Waals surface area contributed by atoms with Gasteiger partial charge in [0.2, 0.25) is 0 Å². The number of hydrogen-bond donors (Lipinski definition) is 2. The monoisotopic (exact) mass is 395 g/mol. The van der Waals surface area contributed by atoms with Gasteiger partial charge in [-0.05, 0) is 36.4 Å². The molecular formula is C17H12Cl3N3O2. The van der Waals surface area contributed by atoms with Crippen LogP contribution in [0.3, 0.4) is 0 Å². The molecule has 8 heteroatoms. The van der Waals surface area contributed by atoms with Gasteiger partial charge in [-0.1, -0.05) is 34.8 Å². The summed E-state index contributed by atoms with van der Waals surface area (Å²) in [6.07, 6.45) is 1.27. The predicted octanol–water partition coefficient (Wildman–Crippen LogP) is 5.11. The number of amides is 1. The lowest BCUT2D eigenvalue weighted by Crippen LogP contribution is -2.15. The maximum absolute atomic E-state index is 12.3. The number of nitrogens with zero attached hydrogens (tertiary/aromatic N) is 1. The summed E-state index contributed by atoms with van der Waals surface area (Å²) in [5.74, 6) is -0.192. The summed E-state index contributed by atoms with van der Waals surface area (Å²) >= 11 is 17.7. The summed E-state index contributed by atoms with van der Waals surface area (Å²) in [6, 6.07) is 11.4. The van der Waals surface area contributed by atoms with E-state index in [0.717, 1.165) is 0 Å². The van der Waals surface area contributed by atoms with Crippen LogP contribution in [0.1, 0.15) is 0 Å². The third-order valence-electron chi connectivity index (χ3n) is 3.08.